The van der Waals surface area contributed by atoms with Crippen molar-refractivity contribution in [2.24, 2.45) is 0 Å². The van der Waals surface area contributed by atoms with E-state index < -0.39 is 0 Å². The van der Waals surface area contributed by atoms with Crippen LogP contribution in [-0.2, 0) is 0 Å². The average Bonchev–Trinajstić information content (AvgIpc) is 2.90. The number of hydrogen-bond acceptors (Lipinski definition) is 2. The fourth-order valence-electron chi connectivity index (χ4n) is 2.23. The van der Waals surface area contributed by atoms with Crippen molar-refractivity contribution in [1.82, 2.24) is 4.90 Å². The van der Waals surface area contributed by atoms with Gasteiger partial charge in [0, 0.05) is 0 Å². The molecule has 0 saturated carbocycles. The summed E-state index contributed by atoms with van der Waals surface area (Å²) in [6.07, 6.45) is 1.74. The summed E-state index contributed by atoms with van der Waals surface area (Å²) in [6, 6.07) is 14.7. The maximum absolute atomic E-state index is 5.59. The van der Waals surface area contributed by atoms with Gasteiger partial charge in [-0.15, -0.1) is 0 Å². The number of benzene rings is 1. The van der Waals surface area contributed by atoms with E-state index in [1.165, 1.54) is 5.56 Å². The van der Waals surface area contributed by atoms with Crippen LogP contribution >= 0.6 is 0 Å². The van der Waals surface area contributed by atoms with Crippen molar-refractivity contribution in [3.63, 3.8) is 0 Å². The molecule has 0 saturated heterocycles. The van der Waals surface area contributed by atoms with Gasteiger partial charge in [0.15, 0.2) is 0 Å². The van der Waals surface area contributed by atoms with Gasteiger partial charge in [0.25, 0.3) is 0 Å². The Morgan fingerprint density at radius 2 is 1.71 bits per heavy atom. The predicted octanol–water partition coefficient (Wildman–Crippen LogP) is 3.71. The summed E-state index contributed by atoms with van der Waals surface area (Å²) in [4.78, 5) is 2.40. The highest BCUT2D eigenvalue weighted by molar-refractivity contribution is 5.26. The third kappa shape index (κ3) is 2.59. The van der Waals surface area contributed by atoms with Crippen molar-refractivity contribution in [2.75, 3.05) is 13.1 Å². The Kier molecular flexibility index (Phi) is 3.99. The molecule has 0 amide bonds. The van der Waals surface area contributed by atoms with E-state index in [-0.39, 0.29) is 6.04 Å². The van der Waals surface area contributed by atoms with E-state index in [4.69, 9.17) is 4.42 Å². The third-order valence-corrected chi connectivity index (χ3v) is 3.11. The molecule has 2 nitrogen and oxygen atoms in total. The standard InChI is InChI=1S/C15H19NO/c1-3-16(4-2)15(14-11-8-12-17-14)13-9-6-5-7-10-13/h5-12,15H,3-4H2,1-2H3. The van der Waals surface area contributed by atoms with Gasteiger partial charge in [-0.3, -0.25) is 4.90 Å². The van der Waals surface area contributed by atoms with E-state index in [0.717, 1.165) is 18.8 Å². The van der Waals surface area contributed by atoms with Crippen molar-refractivity contribution in [3.8, 4) is 0 Å². The Hall–Kier alpha value is -1.54. The lowest BCUT2D eigenvalue weighted by molar-refractivity contribution is 0.224. The molecule has 0 spiro atoms. The smallest absolute Gasteiger partial charge is 0.125 e. The maximum atomic E-state index is 5.59. The number of hydrogen-bond donors (Lipinski definition) is 0. The van der Waals surface area contributed by atoms with Crippen molar-refractivity contribution in [2.45, 2.75) is 19.9 Å². The lowest BCUT2D eigenvalue weighted by Gasteiger charge is -2.28. The quantitative estimate of drug-likeness (QED) is 0.777. The maximum Gasteiger partial charge on any atom is 0.125 e. The monoisotopic (exact) mass is 229 g/mol. The van der Waals surface area contributed by atoms with Crippen LogP contribution in [0, 0.1) is 0 Å². The van der Waals surface area contributed by atoms with Crippen LogP contribution in [0.2, 0.25) is 0 Å². The van der Waals surface area contributed by atoms with E-state index in [0.29, 0.717) is 0 Å². The summed E-state index contributed by atoms with van der Waals surface area (Å²) in [6.45, 7) is 6.39. The molecule has 0 aliphatic carbocycles. The highest BCUT2D eigenvalue weighted by atomic mass is 16.3. The Morgan fingerprint density at radius 1 is 1.00 bits per heavy atom. The largest absolute Gasteiger partial charge is 0.467 e. The van der Waals surface area contributed by atoms with Crippen molar-refractivity contribution in [3.05, 3.63) is 60.1 Å². The van der Waals surface area contributed by atoms with Crippen LogP contribution in [0.25, 0.3) is 0 Å². The van der Waals surface area contributed by atoms with Crippen LogP contribution in [0.15, 0.2) is 53.1 Å². The molecular formula is C15H19NO. The van der Waals surface area contributed by atoms with Gasteiger partial charge in [0.05, 0.1) is 12.3 Å². The summed E-state index contributed by atoms with van der Waals surface area (Å²) < 4.78 is 5.59. The van der Waals surface area contributed by atoms with E-state index in [1.54, 1.807) is 6.26 Å². The summed E-state index contributed by atoms with van der Waals surface area (Å²) in [5.41, 5.74) is 1.28. The Morgan fingerprint density at radius 3 is 2.24 bits per heavy atom. The van der Waals surface area contributed by atoms with E-state index in [9.17, 15) is 0 Å². The molecule has 0 radical (unpaired) electrons. The highest BCUT2D eigenvalue weighted by Crippen LogP contribution is 2.28. The average molecular weight is 229 g/mol. The SMILES string of the molecule is CCN(CC)C(c1ccccc1)c1ccco1. The normalized spacial score (nSPS) is 12.9. The lowest BCUT2D eigenvalue weighted by Crippen LogP contribution is -2.28. The van der Waals surface area contributed by atoms with Crippen LogP contribution in [0.4, 0.5) is 0 Å². The molecule has 1 aromatic carbocycles. The van der Waals surface area contributed by atoms with E-state index >= 15 is 0 Å². The molecule has 0 aliphatic heterocycles. The number of rotatable bonds is 5. The molecule has 1 aromatic heterocycles. The Balaban J connectivity index is 2.37. The minimum absolute atomic E-state index is 0.223. The molecule has 2 heteroatoms. The van der Waals surface area contributed by atoms with E-state index in [1.807, 2.05) is 12.1 Å². The van der Waals surface area contributed by atoms with Gasteiger partial charge in [0.2, 0.25) is 0 Å². The minimum atomic E-state index is 0.223. The van der Waals surface area contributed by atoms with Crippen LogP contribution in [0.3, 0.4) is 0 Å². The first-order chi connectivity index (χ1) is 8.36. The van der Waals surface area contributed by atoms with Gasteiger partial charge in [-0.1, -0.05) is 44.2 Å². The lowest BCUT2D eigenvalue weighted by atomic mass is 10.0. The molecule has 90 valence electrons. The van der Waals surface area contributed by atoms with Crippen molar-refractivity contribution >= 4 is 0 Å². The van der Waals surface area contributed by atoms with Crippen LogP contribution in [-0.4, -0.2) is 18.0 Å². The fourth-order valence-corrected chi connectivity index (χ4v) is 2.23. The van der Waals surface area contributed by atoms with Gasteiger partial charge in [-0.25, -0.2) is 0 Å². The van der Waals surface area contributed by atoms with Crippen molar-refractivity contribution in [1.29, 1.82) is 0 Å². The topological polar surface area (TPSA) is 16.4 Å². The van der Waals surface area contributed by atoms with Crippen LogP contribution in [0.5, 0.6) is 0 Å². The molecule has 0 bridgehead atoms. The highest BCUT2D eigenvalue weighted by Gasteiger charge is 2.21. The van der Waals surface area contributed by atoms with Gasteiger partial charge < -0.3 is 4.42 Å². The third-order valence-electron chi connectivity index (χ3n) is 3.11. The molecule has 0 fully saturated rings. The zero-order chi connectivity index (χ0) is 12.1. The predicted molar refractivity (Wildman–Crippen MR) is 69.9 cm³/mol. The molecule has 17 heavy (non-hydrogen) atoms. The number of nitrogens with zero attached hydrogens (tertiary/aromatic N) is 1. The summed E-state index contributed by atoms with van der Waals surface area (Å²) in [5, 5.41) is 0. The molecule has 1 heterocycles. The first-order valence-electron chi connectivity index (χ1n) is 6.19. The molecule has 2 rings (SSSR count). The molecular weight excluding hydrogens is 210 g/mol. The van der Waals surface area contributed by atoms with Gasteiger partial charge in [-0.2, -0.15) is 0 Å². The zero-order valence-electron chi connectivity index (χ0n) is 10.5. The van der Waals surface area contributed by atoms with Gasteiger partial charge in [0.1, 0.15) is 5.76 Å². The van der Waals surface area contributed by atoms with E-state index in [2.05, 4.69) is 49.1 Å². The first kappa shape index (κ1) is 11.9. The summed E-state index contributed by atoms with van der Waals surface area (Å²) in [5.74, 6) is 1.01. The number of furan rings is 1. The minimum Gasteiger partial charge on any atom is -0.467 e. The first-order valence-corrected chi connectivity index (χ1v) is 6.19. The molecule has 0 N–H and O–H groups in total. The fraction of sp³-hybridized carbons (Fsp3) is 0.333. The van der Waals surface area contributed by atoms with Gasteiger partial charge >= 0.3 is 0 Å². The van der Waals surface area contributed by atoms with Crippen LogP contribution < -0.4 is 0 Å². The summed E-state index contributed by atoms with van der Waals surface area (Å²) in [7, 11) is 0. The molecule has 0 aliphatic rings. The second kappa shape index (κ2) is 5.69. The summed E-state index contributed by atoms with van der Waals surface area (Å²) >= 11 is 0. The van der Waals surface area contributed by atoms with Crippen LogP contribution in [0.1, 0.15) is 31.2 Å². The molecule has 2 aromatic rings. The second-order valence-corrected chi connectivity index (χ2v) is 4.05. The zero-order valence-corrected chi connectivity index (χ0v) is 10.5. The Bertz CT molecular complexity index is 417. The molecule has 1 atom stereocenters. The second-order valence-electron chi connectivity index (χ2n) is 4.05. The van der Waals surface area contributed by atoms with Gasteiger partial charge in [-0.05, 0) is 30.8 Å². The Labute approximate surface area is 103 Å². The molecule has 1 unspecified atom stereocenters. The van der Waals surface area contributed by atoms with Crippen molar-refractivity contribution < 1.29 is 4.42 Å².